The molecule has 0 aromatic carbocycles. The second-order valence-electron chi connectivity index (χ2n) is 5.85. The summed E-state index contributed by atoms with van der Waals surface area (Å²) >= 11 is 0. The Kier molecular flexibility index (Phi) is 7.29. The SMILES string of the molecule is CCNC1(CO)CCCC(N(CC)C(C)COC)C1. The molecule has 114 valence electrons. The predicted octanol–water partition coefficient (Wildman–Crippen LogP) is 1.63. The number of ether oxygens (including phenoxy) is 1. The molecule has 1 aliphatic carbocycles. The Balaban J connectivity index is 2.70. The van der Waals surface area contributed by atoms with E-state index in [0.29, 0.717) is 12.1 Å². The molecule has 0 spiro atoms. The number of rotatable bonds is 8. The molecule has 0 heterocycles. The minimum absolute atomic E-state index is 0.0715. The largest absolute Gasteiger partial charge is 0.394 e. The smallest absolute Gasteiger partial charge is 0.0615 e. The third-order valence-corrected chi connectivity index (χ3v) is 4.48. The van der Waals surface area contributed by atoms with Crippen molar-refractivity contribution in [2.45, 2.75) is 64.1 Å². The van der Waals surface area contributed by atoms with Crippen molar-refractivity contribution in [3.8, 4) is 0 Å². The van der Waals surface area contributed by atoms with Crippen molar-refractivity contribution in [2.75, 3.05) is 33.4 Å². The van der Waals surface area contributed by atoms with Gasteiger partial charge in [0.25, 0.3) is 0 Å². The van der Waals surface area contributed by atoms with Gasteiger partial charge in [-0.25, -0.2) is 0 Å². The molecule has 0 aromatic rings. The van der Waals surface area contributed by atoms with Gasteiger partial charge in [-0.05, 0) is 45.7 Å². The second kappa shape index (κ2) is 8.20. The van der Waals surface area contributed by atoms with E-state index >= 15 is 0 Å². The average molecular weight is 272 g/mol. The topological polar surface area (TPSA) is 44.7 Å². The summed E-state index contributed by atoms with van der Waals surface area (Å²) < 4.78 is 5.30. The lowest BCUT2D eigenvalue weighted by Crippen LogP contribution is -2.57. The van der Waals surface area contributed by atoms with Crippen molar-refractivity contribution >= 4 is 0 Å². The molecule has 0 radical (unpaired) electrons. The summed E-state index contributed by atoms with van der Waals surface area (Å²) in [5.41, 5.74) is -0.0715. The van der Waals surface area contributed by atoms with E-state index in [1.54, 1.807) is 7.11 Å². The summed E-state index contributed by atoms with van der Waals surface area (Å²) in [5, 5.41) is 13.3. The minimum Gasteiger partial charge on any atom is -0.394 e. The van der Waals surface area contributed by atoms with E-state index < -0.39 is 0 Å². The van der Waals surface area contributed by atoms with Crippen LogP contribution >= 0.6 is 0 Å². The van der Waals surface area contributed by atoms with Crippen LogP contribution in [0.15, 0.2) is 0 Å². The van der Waals surface area contributed by atoms with Crippen LogP contribution < -0.4 is 5.32 Å². The number of aliphatic hydroxyl groups is 1. The van der Waals surface area contributed by atoms with E-state index in [1.807, 2.05) is 0 Å². The molecule has 1 fully saturated rings. The Morgan fingerprint density at radius 3 is 2.74 bits per heavy atom. The van der Waals surface area contributed by atoms with E-state index in [2.05, 4.69) is 31.0 Å². The zero-order valence-electron chi connectivity index (χ0n) is 13.1. The molecule has 4 nitrogen and oxygen atoms in total. The maximum Gasteiger partial charge on any atom is 0.0615 e. The summed E-state index contributed by atoms with van der Waals surface area (Å²) in [5.74, 6) is 0. The summed E-state index contributed by atoms with van der Waals surface area (Å²) in [4.78, 5) is 2.53. The molecule has 2 N–H and O–H groups in total. The van der Waals surface area contributed by atoms with E-state index in [4.69, 9.17) is 4.74 Å². The van der Waals surface area contributed by atoms with Gasteiger partial charge >= 0.3 is 0 Å². The highest BCUT2D eigenvalue weighted by atomic mass is 16.5. The Labute approximate surface area is 118 Å². The number of hydrogen-bond acceptors (Lipinski definition) is 4. The maximum absolute atomic E-state index is 9.78. The molecule has 4 heteroatoms. The Hall–Kier alpha value is -0.160. The zero-order chi connectivity index (χ0) is 14.3. The molecule has 3 unspecified atom stereocenters. The molecule has 1 aliphatic rings. The number of likely N-dealkylation sites (N-methyl/N-ethyl adjacent to an activating group) is 2. The van der Waals surface area contributed by atoms with Crippen molar-refractivity contribution in [3.05, 3.63) is 0 Å². The minimum atomic E-state index is -0.0715. The lowest BCUT2D eigenvalue weighted by molar-refractivity contribution is 0.0224. The first-order valence-electron chi connectivity index (χ1n) is 7.73. The number of methoxy groups -OCH3 is 1. The van der Waals surface area contributed by atoms with Crippen molar-refractivity contribution in [1.29, 1.82) is 0 Å². The summed E-state index contributed by atoms with van der Waals surface area (Å²) in [7, 11) is 1.77. The first-order valence-corrected chi connectivity index (χ1v) is 7.73. The quantitative estimate of drug-likeness (QED) is 0.705. The molecule has 1 rings (SSSR count). The molecular weight excluding hydrogens is 240 g/mol. The van der Waals surface area contributed by atoms with Crippen LogP contribution in [0.3, 0.4) is 0 Å². The van der Waals surface area contributed by atoms with Crippen LogP contribution in [0.1, 0.15) is 46.5 Å². The van der Waals surface area contributed by atoms with Gasteiger partial charge in [-0.2, -0.15) is 0 Å². The van der Waals surface area contributed by atoms with Crippen molar-refractivity contribution in [1.82, 2.24) is 10.2 Å². The van der Waals surface area contributed by atoms with E-state index in [9.17, 15) is 5.11 Å². The molecule has 3 atom stereocenters. The zero-order valence-corrected chi connectivity index (χ0v) is 13.1. The first-order chi connectivity index (χ1) is 9.12. The molecule has 0 saturated heterocycles. The fraction of sp³-hybridized carbons (Fsp3) is 1.00. The van der Waals surface area contributed by atoms with Crippen molar-refractivity contribution in [2.24, 2.45) is 0 Å². The van der Waals surface area contributed by atoms with Crippen LogP contribution in [0, 0.1) is 0 Å². The Morgan fingerprint density at radius 1 is 1.47 bits per heavy atom. The van der Waals surface area contributed by atoms with Crippen molar-refractivity contribution < 1.29 is 9.84 Å². The second-order valence-corrected chi connectivity index (χ2v) is 5.85. The van der Waals surface area contributed by atoms with Crippen LogP contribution in [-0.2, 0) is 4.74 Å². The number of hydrogen-bond donors (Lipinski definition) is 2. The highest BCUT2D eigenvalue weighted by Crippen LogP contribution is 2.31. The monoisotopic (exact) mass is 272 g/mol. The normalized spacial score (nSPS) is 29.7. The lowest BCUT2D eigenvalue weighted by Gasteiger charge is -2.46. The van der Waals surface area contributed by atoms with Gasteiger partial charge in [0.15, 0.2) is 0 Å². The fourth-order valence-electron chi connectivity index (χ4n) is 3.62. The Bertz CT molecular complexity index is 246. The molecule has 0 aromatic heterocycles. The van der Waals surface area contributed by atoms with Crippen molar-refractivity contribution in [3.63, 3.8) is 0 Å². The van der Waals surface area contributed by atoms with Gasteiger partial charge in [-0.3, -0.25) is 4.90 Å². The lowest BCUT2D eigenvalue weighted by atomic mass is 9.78. The van der Waals surface area contributed by atoms with E-state index in [-0.39, 0.29) is 12.1 Å². The van der Waals surface area contributed by atoms with Gasteiger partial charge in [0, 0.05) is 24.7 Å². The van der Waals surface area contributed by atoms with Crippen LogP contribution in [-0.4, -0.2) is 61.0 Å². The highest BCUT2D eigenvalue weighted by Gasteiger charge is 2.37. The number of nitrogens with one attached hydrogen (secondary N) is 1. The number of nitrogens with zero attached hydrogens (tertiary/aromatic N) is 1. The highest BCUT2D eigenvalue weighted by molar-refractivity contribution is 4.96. The standard InChI is InChI=1S/C15H32N2O2/c1-5-16-15(12-18)9-7-8-14(10-15)17(6-2)13(3)11-19-4/h13-14,16,18H,5-12H2,1-4H3. The summed E-state index contributed by atoms with van der Waals surface area (Å²) in [6.07, 6.45) is 4.55. The molecular formula is C15H32N2O2. The first kappa shape index (κ1) is 16.9. The summed E-state index contributed by atoms with van der Waals surface area (Å²) in [6, 6.07) is 0.992. The van der Waals surface area contributed by atoms with Gasteiger partial charge in [-0.1, -0.05) is 13.8 Å². The third kappa shape index (κ3) is 4.42. The Morgan fingerprint density at radius 2 is 2.21 bits per heavy atom. The molecule has 0 aliphatic heterocycles. The van der Waals surface area contributed by atoms with Crippen LogP contribution in [0.2, 0.25) is 0 Å². The van der Waals surface area contributed by atoms with Crippen LogP contribution in [0.25, 0.3) is 0 Å². The molecule has 0 amide bonds. The number of aliphatic hydroxyl groups excluding tert-OH is 1. The average Bonchev–Trinajstić information content (AvgIpc) is 2.40. The molecule has 0 bridgehead atoms. The maximum atomic E-state index is 9.78. The van der Waals surface area contributed by atoms with Gasteiger partial charge in [0.05, 0.1) is 13.2 Å². The van der Waals surface area contributed by atoms with Gasteiger partial charge in [-0.15, -0.1) is 0 Å². The van der Waals surface area contributed by atoms with Crippen LogP contribution in [0.5, 0.6) is 0 Å². The fourth-order valence-corrected chi connectivity index (χ4v) is 3.62. The molecule has 1 saturated carbocycles. The van der Waals surface area contributed by atoms with E-state index in [0.717, 1.165) is 32.5 Å². The van der Waals surface area contributed by atoms with Gasteiger partial charge in [0.2, 0.25) is 0 Å². The summed E-state index contributed by atoms with van der Waals surface area (Å²) in [6.45, 7) is 9.55. The molecule has 19 heavy (non-hydrogen) atoms. The van der Waals surface area contributed by atoms with Crippen LogP contribution in [0.4, 0.5) is 0 Å². The van der Waals surface area contributed by atoms with Gasteiger partial charge < -0.3 is 15.2 Å². The third-order valence-electron chi connectivity index (χ3n) is 4.48. The van der Waals surface area contributed by atoms with E-state index in [1.165, 1.54) is 12.8 Å². The van der Waals surface area contributed by atoms with Gasteiger partial charge in [0.1, 0.15) is 0 Å². The predicted molar refractivity (Wildman–Crippen MR) is 79.5 cm³/mol.